The molecule has 8 nitrogen and oxygen atoms in total. The van der Waals surface area contributed by atoms with Crippen molar-refractivity contribution >= 4 is 63.3 Å². The van der Waals surface area contributed by atoms with Crippen LogP contribution in [0.3, 0.4) is 0 Å². The number of benzene rings is 3. The largest absolute Gasteiger partial charge is 0.387 e. The fourth-order valence-electron chi connectivity index (χ4n) is 4.17. The lowest BCUT2D eigenvalue weighted by molar-refractivity contribution is -0.122. The van der Waals surface area contributed by atoms with Gasteiger partial charge in [-0.15, -0.1) is 0 Å². The van der Waals surface area contributed by atoms with Crippen molar-refractivity contribution in [2.45, 2.75) is 18.4 Å². The first kappa shape index (κ1) is 25.9. The topological polar surface area (TPSA) is 97.3 Å². The number of fused-ring (bicyclic) bond motifs is 1. The summed E-state index contributed by atoms with van der Waals surface area (Å²) in [5.41, 5.74) is 3.92. The Bertz CT molecular complexity index is 1440. The first-order chi connectivity index (χ1) is 18.5. The second kappa shape index (κ2) is 11.3. The van der Waals surface area contributed by atoms with Gasteiger partial charge < -0.3 is 20.6 Å². The van der Waals surface area contributed by atoms with Gasteiger partial charge in [-0.2, -0.15) is 0 Å². The molecule has 2 aliphatic rings. The first-order valence-corrected chi connectivity index (χ1v) is 13.8. The van der Waals surface area contributed by atoms with Crippen LogP contribution in [0.5, 0.6) is 0 Å². The summed E-state index contributed by atoms with van der Waals surface area (Å²) >= 11 is 2.94. The molecule has 0 unspecified atom stereocenters. The molecule has 1 saturated heterocycles. The molecule has 10 heteroatoms. The van der Waals surface area contributed by atoms with E-state index in [4.69, 9.17) is 10.1 Å². The van der Waals surface area contributed by atoms with Gasteiger partial charge in [0.05, 0.1) is 28.6 Å². The molecule has 38 heavy (non-hydrogen) atoms. The number of para-hydroxylation sites is 1. The van der Waals surface area contributed by atoms with E-state index < -0.39 is 12.5 Å². The van der Waals surface area contributed by atoms with Crippen LogP contribution in [0, 0.1) is 0 Å². The molecule has 0 bridgehead atoms. The van der Waals surface area contributed by atoms with E-state index in [2.05, 4.69) is 21.6 Å². The number of anilines is 3. The second-order valence-electron chi connectivity index (χ2n) is 8.60. The van der Waals surface area contributed by atoms with Crippen molar-refractivity contribution in [1.29, 1.82) is 0 Å². The van der Waals surface area contributed by atoms with Crippen molar-refractivity contribution in [2.75, 3.05) is 35.7 Å². The molecule has 1 fully saturated rings. The second-order valence-corrected chi connectivity index (χ2v) is 10.6. The van der Waals surface area contributed by atoms with Crippen LogP contribution >= 0.6 is 23.5 Å². The highest BCUT2D eigenvalue weighted by atomic mass is 32.2. The molecule has 0 radical (unpaired) electrons. The summed E-state index contributed by atoms with van der Waals surface area (Å²) in [6.07, 6.45) is 0. The van der Waals surface area contributed by atoms with Crippen LogP contribution in [0.15, 0.2) is 92.6 Å². The molecule has 2 heterocycles. The first-order valence-electron chi connectivity index (χ1n) is 12.1. The summed E-state index contributed by atoms with van der Waals surface area (Å²) in [5.74, 6) is -0.613. The summed E-state index contributed by atoms with van der Waals surface area (Å²) in [6, 6.07) is 23.2. The third-order valence-corrected chi connectivity index (χ3v) is 8.42. The van der Waals surface area contributed by atoms with Crippen molar-refractivity contribution in [2.24, 2.45) is 4.99 Å². The van der Waals surface area contributed by atoms with Crippen LogP contribution in [0.4, 0.5) is 22.7 Å². The number of hydrogen-bond acceptors (Lipinski definition) is 8. The van der Waals surface area contributed by atoms with Crippen LogP contribution < -0.4 is 15.5 Å². The van der Waals surface area contributed by atoms with E-state index in [9.17, 15) is 9.59 Å². The van der Waals surface area contributed by atoms with Crippen molar-refractivity contribution < 1.29 is 14.7 Å². The van der Waals surface area contributed by atoms with Gasteiger partial charge in [0.15, 0.2) is 5.17 Å². The Balaban J connectivity index is 1.57. The number of aliphatic imine (C=N–C) groups is 1. The summed E-state index contributed by atoms with van der Waals surface area (Å²) in [4.78, 5) is 36.1. The Morgan fingerprint density at radius 2 is 1.79 bits per heavy atom. The maximum atomic E-state index is 13.9. The summed E-state index contributed by atoms with van der Waals surface area (Å²) in [5, 5.41) is 16.5. The monoisotopic (exact) mass is 545 g/mol. The number of amidine groups is 1. The number of nitrogens with zero attached hydrogens (tertiary/aromatic N) is 3. The molecule has 5 rings (SSSR count). The molecule has 194 valence electrons. The molecule has 3 N–H and O–H groups in total. The van der Waals surface area contributed by atoms with Crippen LogP contribution in [0.1, 0.15) is 12.5 Å². The van der Waals surface area contributed by atoms with E-state index in [0.29, 0.717) is 34.5 Å². The highest BCUT2D eigenvalue weighted by Crippen LogP contribution is 2.50. The van der Waals surface area contributed by atoms with Crippen LogP contribution in [-0.2, 0) is 16.1 Å². The van der Waals surface area contributed by atoms with Crippen molar-refractivity contribution in [3.05, 3.63) is 88.3 Å². The predicted octanol–water partition coefficient (Wildman–Crippen LogP) is 5.22. The third kappa shape index (κ3) is 5.28. The lowest BCUT2D eigenvalue weighted by Crippen LogP contribution is -2.29. The zero-order valence-electron chi connectivity index (χ0n) is 21.0. The van der Waals surface area contributed by atoms with Gasteiger partial charge in [0.1, 0.15) is 11.5 Å². The van der Waals surface area contributed by atoms with E-state index in [1.165, 1.54) is 11.8 Å². The summed E-state index contributed by atoms with van der Waals surface area (Å²) < 4.78 is 0. The highest BCUT2D eigenvalue weighted by molar-refractivity contribution is 8.19. The smallest absolute Gasteiger partial charge is 0.269 e. The SMILES string of the molecule is CCNc1ccc(NC(=O)CO)cc1N=C1SC(=C2Sc3ccccc3N2C)C(=O)N1Cc1ccccc1. The van der Waals surface area contributed by atoms with Gasteiger partial charge >= 0.3 is 0 Å². The number of aliphatic hydroxyl groups is 1. The summed E-state index contributed by atoms with van der Waals surface area (Å²) in [7, 11) is 1.97. The summed E-state index contributed by atoms with van der Waals surface area (Å²) in [6.45, 7) is 2.43. The molecule has 3 aromatic carbocycles. The van der Waals surface area contributed by atoms with E-state index in [0.717, 1.165) is 26.9 Å². The minimum Gasteiger partial charge on any atom is -0.387 e. The normalized spacial score (nSPS) is 17.8. The fourth-order valence-corrected chi connectivity index (χ4v) is 6.51. The number of aliphatic hydroxyl groups excluding tert-OH is 1. The van der Waals surface area contributed by atoms with Crippen LogP contribution in [-0.4, -0.2) is 47.2 Å². The molecule has 2 aliphatic heterocycles. The molecule has 0 atom stereocenters. The molecule has 2 amide bonds. The Morgan fingerprint density at radius 3 is 2.53 bits per heavy atom. The maximum absolute atomic E-state index is 13.9. The molecule has 0 aromatic heterocycles. The van der Waals surface area contributed by atoms with E-state index in [-0.39, 0.29) is 5.91 Å². The number of amides is 2. The number of carbonyl (C=O) groups excluding carboxylic acids is 2. The number of carbonyl (C=O) groups is 2. The van der Waals surface area contributed by atoms with Crippen molar-refractivity contribution in [3.63, 3.8) is 0 Å². The van der Waals surface area contributed by atoms with Gasteiger partial charge in [-0.1, -0.05) is 54.2 Å². The van der Waals surface area contributed by atoms with Gasteiger partial charge in [0.2, 0.25) is 5.91 Å². The lowest BCUT2D eigenvalue weighted by atomic mass is 10.2. The molecular weight excluding hydrogens is 518 g/mol. The standard InChI is InChI=1S/C28H27N5O3S2/c1-3-29-20-14-13-19(30-24(35)17-34)15-21(20)31-28-33(16-18-9-5-4-6-10-18)26(36)25(38-28)27-32(2)22-11-7-8-12-23(22)37-27/h4-15,29,34H,3,16-17H2,1-2H3,(H,30,35). The average Bonchev–Trinajstić information content (AvgIpc) is 3.42. The molecule has 0 spiro atoms. The quantitative estimate of drug-likeness (QED) is 0.350. The van der Waals surface area contributed by atoms with Crippen LogP contribution in [0.25, 0.3) is 0 Å². The van der Waals surface area contributed by atoms with Crippen molar-refractivity contribution in [3.8, 4) is 0 Å². The van der Waals surface area contributed by atoms with Gasteiger partial charge in [-0.25, -0.2) is 4.99 Å². The average molecular weight is 546 g/mol. The number of rotatable bonds is 7. The molecular formula is C28H27N5O3S2. The van der Waals surface area contributed by atoms with Gasteiger partial charge in [0, 0.05) is 24.2 Å². The van der Waals surface area contributed by atoms with Gasteiger partial charge in [-0.3, -0.25) is 14.5 Å². The minimum absolute atomic E-state index is 0.102. The number of thioether (sulfide) groups is 2. The maximum Gasteiger partial charge on any atom is 0.269 e. The molecule has 3 aromatic rings. The molecule has 0 saturated carbocycles. The number of hydrogen-bond donors (Lipinski definition) is 3. The van der Waals surface area contributed by atoms with Gasteiger partial charge in [-0.05, 0) is 54.6 Å². The van der Waals surface area contributed by atoms with Crippen molar-refractivity contribution in [1.82, 2.24) is 4.90 Å². The Hall–Kier alpha value is -3.73. The zero-order chi connectivity index (χ0) is 26.6. The predicted molar refractivity (Wildman–Crippen MR) is 156 cm³/mol. The van der Waals surface area contributed by atoms with E-state index >= 15 is 0 Å². The Morgan fingerprint density at radius 1 is 1.03 bits per heavy atom. The van der Waals surface area contributed by atoms with E-state index in [1.807, 2.05) is 68.6 Å². The lowest BCUT2D eigenvalue weighted by Gasteiger charge is -2.17. The fraction of sp³-hybridized carbons (Fsp3) is 0.179. The highest BCUT2D eigenvalue weighted by Gasteiger charge is 2.39. The van der Waals surface area contributed by atoms with E-state index in [1.54, 1.807) is 28.8 Å². The Kier molecular flexibility index (Phi) is 7.73. The molecule has 0 aliphatic carbocycles. The van der Waals surface area contributed by atoms with Crippen LogP contribution in [0.2, 0.25) is 0 Å². The minimum atomic E-state index is -0.613. The Labute approximate surface area is 229 Å². The number of nitrogens with one attached hydrogen (secondary N) is 2. The zero-order valence-corrected chi connectivity index (χ0v) is 22.6. The third-order valence-electron chi connectivity index (χ3n) is 5.99. The van der Waals surface area contributed by atoms with Gasteiger partial charge in [0.25, 0.3) is 5.91 Å².